The number of carbonyl (C=O) groups excluding carboxylic acids is 1. The summed E-state index contributed by atoms with van der Waals surface area (Å²) >= 11 is 0. The fraction of sp³-hybridized carbons (Fsp3) is 0.364. The molecule has 0 aromatic heterocycles. The summed E-state index contributed by atoms with van der Waals surface area (Å²) in [6.45, 7) is 5.56. The van der Waals surface area contributed by atoms with Gasteiger partial charge >= 0.3 is 0 Å². The first-order chi connectivity index (χ1) is 6.24. The summed E-state index contributed by atoms with van der Waals surface area (Å²) < 4.78 is 0. The molecular formula is C11H17NO. The number of carbonyl (C=O) groups is 1. The van der Waals surface area contributed by atoms with Gasteiger partial charge in [-0.3, -0.25) is 4.79 Å². The predicted octanol–water partition coefficient (Wildman–Crippen LogP) is 2.96. The maximum absolute atomic E-state index is 10.8. The molecule has 0 bridgehead atoms. The second kappa shape index (κ2) is 6.23. The minimum absolute atomic E-state index is 0.104. The van der Waals surface area contributed by atoms with Gasteiger partial charge in [0.05, 0.1) is 0 Å². The zero-order valence-electron chi connectivity index (χ0n) is 8.72. The van der Waals surface area contributed by atoms with Crippen LogP contribution >= 0.6 is 0 Å². The van der Waals surface area contributed by atoms with E-state index in [2.05, 4.69) is 5.32 Å². The molecule has 2 heteroatoms. The van der Waals surface area contributed by atoms with Crippen molar-refractivity contribution in [1.82, 2.24) is 0 Å². The number of ketones is 1. The zero-order valence-corrected chi connectivity index (χ0v) is 8.72. The Bertz CT molecular complexity index is 251. The number of benzene rings is 1. The highest BCUT2D eigenvalue weighted by Crippen LogP contribution is 2.08. The maximum atomic E-state index is 10.8. The molecule has 0 saturated carbocycles. The molecule has 0 aliphatic rings. The topological polar surface area (TPSA) is 29.1 Å². The van der Waals surface area contributed by atoms with Crippen LogP contribution in [0.1, 0.15) is 31.1 Å². The largest absolute Gasteiger partial charge is 0.388 e. The summed E-state index contributed by atoms with van der Waals surface area (Å²) in [6.07, 6.45) is 0. The van der Waals surface area contributed by atoms with Gasteiger partial charge in [-0.1, -0.05) is 13.8 Å². The Morgan fingerprint density at radius 3 is 1.92 bits per heavy atom. The van der Waals surface area contributed by atoms with E-state index < -0.39 is 0 Å². The number of nitrogens with one attached hydrogen (secondary N) is 1. The van der Waals surface area contributed by atoms with Crippen LogP contribution in [0.4, 0.5) is 5.69 Å². The number of Topliss-reactive ketones (excluding diaryl/α,β-unsaturated/α-hetero) is 1. The lowest BCUT2D eigenvalue weighted by molar-refractivity contribution is 0.101. The summed E-state index contributed by atoms with van der Waals surface area (Å²) in [5.41, 5.74) is 1.78. The second-order valence-electron chi connectivity index (χ2n) is 2.38. The average molecular weight is 179 g/mol. The predicted molar refractivity (Wildman–Crippen MR) is 57.3 cm³/mol. The number of rotatable bonds is 2. The van der Waals surface area contributed by atoms with E-state index in [1.54, 1.807) is 6.92 Å². The van der Waals surface area contributed by atoms with Crippen molar-refractivity contribution in [3.63, 3.8) is 0 Å². The summed E-state index contributed by atoms with van der Waals surface area (Å²) in [5, 5.41) is 2.98. The molecule has 0 unspecified atom stereocenters. The SMILES string of the molecule is CC.CNc1ccc(C(C)=O)cc1. The molecule has 0 amide bonds. The van der Waals surface area contributed by atoms with Gasteiger partial charge in [0.15, 0.2) is 5.78 Å². The Labute approximate surface area is 80.0 Å². The van der Waals surface area contributed by atoms with Crippen molar-refractivity contribution < 1.29 is 4.79 Å². The molecule has 72 valence electrons. The van der Waals surface area contributed by atoms with Crippen LogP contribution in [0.25, 0.3) is 0 Å². The molecule has 1 N–H and O–H groups in total. The summed E-state index contributed by atoms with van der Waals surface area (Å²) in [7, 11) is 1.85. The molecule has 0 aliphatic carbocycles. The molecule has 0 radical (unpaired) electrons. The van der Waals surface area contributed by atoms with E-state index in [9.17, 15) is 4.79 Å². The lowest BCUT2D eigenvalue weighted by atomic mass is 10.1. The third kappa shape index (κ3) is 3.74. The number of hydrogen-bond acceptors (Lipinski definition) is 2. The van der Waals surface area contributed by atoms with Crippen LogP contribution in [0.3, 0.4) is 0 Å². The fourth-order valence-corrected chi connectivity index (χ4v) is 0.872. The normalized spacial score (nSPS) is 8.31. The van der Waals surface area contributed by atoms with Crippen molar-refractivity contribution in [3.05, 3.63) is 29.8 Å². The second-order valence-corrected chi connectivity index (χ2v) is 2.38. The molecule has 0 fully saturated rings. The van der Waals surface area contributed by atoms with Crippen LogP contribution in [0, 0.1) is 0 Å². The van der Waals surface area contributed by atoms with E-state index in [1.807, 2.05) is 45.2 Å². The van der Waals surface area contributed by atoms with E-state index in [0.29, 0.717) is 0 Å². The van der Waals surface area contributed by atoms with Crippen LogP contribution in [0.15, 0.2) is 24.3 Å². The minimum Gasteiger partial charge on any atom is -0.388 e. The third-order valence-electron chi connectivity index (χ3n) is 1.58. The van der Waals surface area contributed by atoms with Crippen molar-refractivity contribution >= 4 is 11.5 Å². The summed E-state index contributed by atoms with van der Waals surface area (Å²) in [6, 6.07) is 7.40. The van der Waals surface area contributed by atoms with Gasteiger partial charge in [-0.25, -0.2) is 0 Å². The minimum atomic E-state index is 0.104. The molecule has 1 aromatic rings. The van der Waals surface area contributed by atoms with Crippen molar-refractivity contribution in [2.45, 2.75) is 20.8 Å². The van der Waals surface area contributed by atoms with Crippen LogP contribution in [0.2, 0.25) is 0 Å². The Morgan fingerprint density at radius 2 is 1.62 bits per heavy atom. The average Bonchev–Trinajstić information content (AvgIpc) is 2.21. The van der Waals surface area contributed by atoms with Gasteiger partial charge < -0.3 is 5.32 Å². The number of anilines is 1. The van der Waals surface area contributed by atoms with Crippen LogP contribution < -0.4 is 5.32 Å². The lowest BCUT2D eigenvalue weighted by Crippen LogP contribution is -1.92. The molecule has 0 atom stereocenters. The standard InChI is InChI=1S/C9H11NO.C2H6/c1-7(11)8-3-5-9(10-2)6-4-8;1-2/h3-6,10H,1-2H3;1-2H3. The summed E-state index contributed by atoms with van der Waals surface area (Å²) in [5.74, 6) is 0.104. The van der Waals surface area contributed by atoms with Gasteiger partial charge in [0.1, 0.15) is 0 Å². The van der Waals surface area contributed by atoms with Gasteiger partial charge in [0.2, 0.25) is 0 Å². The van der Waals surface area contributed by atoms with Crippen LogP contribution in [0.5, 0.6) is 0 Å². The molecule has 0 heterocycles. The Hall–Kier alpha value is -1.31. The first-order valence-corrected chi connectivity index (χ1v) is 4.53. The fourth-order valence-electron chi connectivity index (χ4n) is 0.872. The smallest absolute Gasteiger partial charge is 0.159 e. The molecule has 1 aromatic carbocycles. The van der Waals surface area contributed by atoms with Crippen molar-refractivity contribution in [3.8, 4) is 0 Å². The molecule has 0 saturated heterocycles. The first kappa shape index (κ1) is 11.7. The maximum Gasteiger partial charge on any atom is 0.159 e. The van der Waals surface area contributed by atoms with Gasteiger partial charge in [-0.2, -0.15) is 0 Å². The first-order valence-electron chi connectivity index (χ1n) is 4.53. The van der Waals surface area contributed by atoms with Gasteiger partial charge in [-0.15, -0.1) is 0 Å². The van der Waals surface area contributed by atoms with E-state index >= 15 is 0 Å². The molecule has 1 rings (SSSR count). The van der Waals surface area contributed by atoms with E-state index in [1.165, 1.54) is 0 Å². The molecule has 2 nitrogen and oxygen atoms in total. The van der Waals surface area contributed by atoms with Crippen LogP contribution in [-0.4, -0.2) is 12.8 Å². The number of hydrogen-bond donors (Lipinski definition) is 1. The summed E-state index contributed by atoms with van der Waals surface area (Å²) in [4.78, 5) is 10.8. The highest BCUT2D eigenvalue weighted by molar-refractivity contribution is 5.94. The highest BCUT2D eigenvalue weighted by Gasteiger charge is 1.96. The Balaban J connectivity index is 0.000000671. The van der Waals surface area contributed by atoms with E-state index in [4.69, 9.17) is 0 Å². The molecule has 13 heavy (non-hydrogen) atoms. The van der Waals surface area contributed by atoms with Gasteiger partial charge in [0.25, 0.3) is 0 Å². The van der Waals surface area contributed by atoms with Gasteiger partial charge in [0, 0.05) is 18.3 Å². The highest BCUT2D eigenvalue weighted by atomic mass is 16.1. The lowest BCUT2D eigenvalue weighted by Gasteiger charge is -1.99. The molecule has 0 spiro atoms. The van der Waals surface area contributed by atoms with E-state index in [0.717, 1.165) is 11.3 Å². The van der Waals surface area contributed by atoms with E-state index in [-0.39, 0.29) is 5.78 Å². The molecule has 0 aliphatic heterocycles. The van der Waals surface area contributed by atoms with Crippen molar-refractivity contribution in [2.75, 3.05) is 12.4 Å². The molecular weight excluding hydrogens is 162 g/mol. The monoisotopic (exact) mass is 179 g/mol. The van der Waals surface area contributed by atoms with Crippen molar-refractivity contribution in [2.24, 2.45) is 0 Å². The quantitative estimate of drug-likeness (QED) is 0.707. The Kier molecular flexibility index (Phi) is 5.60. The third-order valence-corrected chi connectivity index (χ3v) is 1.58. The van der Waals surface area contributed by atoms with Gasteiger partial charge in [-0.05, 0) is 31.2 Å². The Morgan fingerprint density at radius 1 is 1.15 bits per heavy atom. The zero-order chi connectivity index (χ0) is 10.3. The van der Waals surface area contributed by atoms with Crippen LogP contribution in [-0.2, 0) is 0 Å². The van der Waals surface area contributed by atoms with Crippen molar-refractivity contribution in [1.29, 1.82) is 0 Å².